The SMILES string of the molecule is NCCC1CCCN(CCC2CCCCC2)C1. The summed E-state index contributed by atoms with van der Waals surface area (Å²) in [6.45, 7) is 4.89. The lowest BCUT2D eigenvalue weighted by atomic mass is 9.86. The van der Waals surface area contributed by atoms with Gasteiger partial charge in [-0.3, -0.25) is 0 Å². The fraction of sp³-hybridized carbons (Fsp3) is 1.00. The molecule has 0 spiro atoms. The van der Waals surface area contributed by atoms with Gasteiger partial charge in [-0.25, -0.2) is 0 Å². The molecule has 1 atom stereocenters. The van der Waals surface area contributed by atoms with Crippen LogP contribution in [-0.4, -0.2) is 31.1 Å². The standard InChI is InChI=1S/C15H30N2/c16-10-8-15-7-4-11-17(13-15)12-9-14-5-2-1-3-6-14/h14-15H,1-13,16H2. The summed E-state index contributed by atoms with van der Waals surface area (Å²) in [5.74, 6) is 1.93. The summed E-state index contributed by atoms with van der Waals surface area (Å²) in [6.07, 6.45) is 13.0. The molecule has 0 amide bonds. The first-order valence-corrected chi connectivity index (χ1v) is 7.81. The molecule has 0 aromatic carbocycles. The number of hydrogen-bond donors (Lipinski definition) is 1. The van der Waals surface area contributed by atoms with Gasteiger partial charge < -0.3 is 10.6 Å². The summed E-state index contributed by atoms with van der Waals surface area (Å²) < 4.78 is 0. The maximum atomic E-state index is 5.68. The van der Waals surface area contributed by atoms with E-state index in [9.17, 15) is 0 Å². The molecule has 2 N–H and O–H groups in total. The fourth-order valence-corrected chi connectivity index (χ4v) is 3.67. The van der Waals surface area contributed by atoms with E-state index in [1.54, 1.807) is 0 Å². The largest absolute Gasteiger partial charge is 0.330 e. The van der Waals surface area contributed by atoms with Gasteiger partial charge in [0.1, 0.15) is 0 Å². The quantitative estimate of drug-likeness (QED) is 0.798. The van der Waals surface area contributed by atoms with Crippen LogP contribution in [0, 0.1) is 11.8 Å². The Morgan fingerprint density at radius 2 is 1.65 bits per heavy atom. The third kappa shape index (κ3) is 4.59. The molecule has 1 aliphatic heterocycles. The van der Waals surface area contributed by atoms with Crippen molar-refractivity contribution in [1.82, 2.24) is 4.90 Å². The van der Waals surface area contributed by atoms with Crippen molar-refractivity contribution >= 4 is 0 Å². The Morgan fingerprint density at radius 3 is 2.41 bits per heavy atom. The Bertz CT molecular complexity index is 197. The predicted molar refractivity (Wildman–Crippen MR) is 74.0 cm³/mol. The monoisotopic (exact) mass is 238 g/mol. The Balaban J connectivity index is 1.64. The molecule has 2 heteroatoms. The topological polar surface area (TPSA) is 29.3 Å². The van der Waals surface area contributed by atoms with E-state index in [1.165, 1.54) is 77.4 Å². The van der Waals surface area contributed by atoms with Crippen molar-refractivity contribution < 1.29 is 0 Å². The van der Waals surface area contributed by atoms with Crippen LogP contribution in [0.15, 0.2) is 0 Å². The number of nitrogens with zero attached hydrogens (tertiary/aromatic N) is 1. The molecular formula is C15H30N2. The lowest BCUT2D eigenvalue weighted by Gasteiger charge is -2.34. The van der Waals surface area contributed by atoms with Crippen LogP contribution in [0.25, 0.3) is 0 Å². The molecule has 2 nitrogen and oxygen atoms in total. The highest BCUT2D eigenvalue weighted by Gasteiger charge is 2.20. The summed E-state index contributed by atoms with van der Waals surface area (Å²) in [4.78, 5) is 2.71. The van der Waals surface area contributed by atoms with Gasteiger partial charge in [0.25, 0.3) is 0 Å². The van der Waals surface area contributed by atoms with E-state index in [2.05, 4.69) is 4.90 Å². The van der Waals surface area contributed by atoms with E-state index < -0.39 is 0 Å². The number of nitrogens with two attached hydrogens (primary N) is 1. The Hall–Kier alpha value is -0.0800. The molecule has 0 radical (unpaired) electrons. The second-order valence-corrected chi connectivity index (χ2v) is 6.18. The second kappa shape index (κ2) is 7.38. The van der Waals surface area contributed by atoms with Crippen LogP contribution in [-0.2, 0) is 0 Å². The van der Waals surface area contributed by atoms with Crippen LogP contribution in [0.4, 0.5) is 0 Å². The van der Waals surface area contributed by atoms with Crippen molar-refractivity contribution in [1.29, 1.82) is 0 Å². The summed E-state index contributed by atoms with van der Waals surface area (Å²) in [5, 5.41) is 0. The zero-order valence-electron chi connectivity index (χ0n) is 11.4. The summed E-state index contributed by atoms with van der Waals surface area (Å²) >= 11 is 0. The van der Waals surface area contributed by atoms with Crippen molar-refractivity contribution in [3.05, 3.63) is 0 Å². The van der Waals surface area contributed by atoms with Crippen LogP contribution in [0.2, 0.25) is 0 Å². The second-order valence-electron chi connectivity index (χ2n) is 6.18. The van der Waals surface area contributed by atoms with Crippen molar-refractivity contribution in [2.75, 3.05) is 26.2 Å². The van der Waals surface area contributed by atoms with Crippen LogP contribution >= 0.6 is 0 Å². The zero-order chi connectivity index (χ0) is 11.9. The Kier molecular flexibility index (Phi) is 5.79. The molecule has 2 fully saturated rings. The fourth-order valence-electron chi connectivity index (χ4n) is 3.67. The number of likely N-dealkylation sites (tertiary alicyclic amines) is 1. The third-order valence-corrected chi connectivity index (χ3v) is 4.76. The van der Waals surface area contributed by atoms with Gasteiger partial charge in [-0.15, -0.1) is 0 Å². The van der Waals surface area contributed by atoms with E-state index in [0.717, 1.165) is 18.4 Å². The van der Waals surface area contributed by atoms with Gasteiger partial charge in [-0.1, -0.05) is 32.1 Å². The first-order chi connectivity index (χ1) is 8.38. The van der Waals surface area contributed by atoms with Crippen molar-refractivity contribution in [3.63, 3.8) is 0 Å². The van der Waals surface area contributed by atoms with Crippen molar-refractivity contribution in [2.24, 2.45) is 17.6 Å². The van der Waals surface area contributed by atoms with Crippen molar-refractivity contribution in [3.8, 4) is 0 Å². The highest BCUT2D eigenvalue weighted by molar-refractivity contribution is 4.75. The average Bonchev–Trinajstić information content (AvgIpc) is 2.39. The molecule has 2 aliphatic rings. The molecule has 1 aliphatic carbocycles. The lowest BCUT2D eigenvalue weighted by molar-refractivity contribution is 0.155. The molecule has 1 heterocycles. The van der Waals surface area contributed by atoms with Gasteiger partial charge in [-0.2, -0.15) is 0 Å². The van der Waals surface area contributed by atoms with E-state index >= 15 is 0 Å². The molecule has 0 aromatic rings. The van der Waals surface area contributed by atoms with Gasteiger partial charge in [0.2, 0.25) is 0 Å². The van der Waals surface area contributed by atoms with Crippen LogP contribution in [0.1, 0.15) is 57.8 Å². The van der Waals surface area contributed by atoms with E-state index in [1.807, 2.05) is 0 Å². The van der Waals surface area contributed by atoms with E-state index in [0.29, 0.717) is 0 Å². The summed E-state index contributed by atoms with van der Waals surface area (Å²) in [6, 6.07) is 0. The molecule has 1 saturated carbocycles. The first-order valence-electron chi connectivity index (χ1n) is 7.81. The number of hydrogen-bond acceptors (Lipinski definition) is 2. The predicted octanol–water partition coefficient (Wildman–Crippen LogP) is 3.02. The minimum atomic E-state index is 0.876. The molecule has 1 unspecified atom stereocenters. The van der Waals surface area contributed by atoms with Gasteiger partial charge in [0.05, 0.1) is 0 Å². The smallest absolute Gasteiger partial charge is 0.00101 e. The summed E-state index contributed by atoms with van der Waals surface area (Å²) in [5.41, 5.74) is 5.68. The minimum Gasteiger partial charge on any atom is -0.330 e. The van der Waals surface area contributed by atoms with Gasteiger partial charge >= 0.3 is 0 Å². The molecular weight excluding hydrogens is 208 g/mol. The highest BCUT2D eigenvalue weighted by atomic mass is 15.1. The molecule has 2 rings (SSSR count). The van der Waals surface area contributed by atoms with Gasteiger partial charge in [-0.05, 0) is 57.2 Å². The van der Waals surface area contributed by atoms with Gasteiger partial charge in [0.15, 0.2) is 0 Å². The summed E-state index contributed by atoms with van der Waals surface area (Å²) in [7, 11) is 0. The number of piperidine rings is 1. The average molecular weight is 238 g/mol. The molecule has 100 valence electrons. The van der Waals surface area contributed by atoms with E-state index in [-0.39, 0.29) is 0 Å². The normalized spacial score (nSPS) is 28.4. The lowest BCUT2D eigenvalue weighted by Crippen LogP contribution is -2.37. The molecule has 17 heavy (non-hydrogen) atoms. The Morgan fingerprint density at radius 1 is 0.882 bits per heavy atom. The van der Waals surface area contributed by atoms with E-state index in [4.69, 9.17) is 5.73 Å². The van der Waals surface area contributed by atoms with Crippen LogP contribution < -0.4 is 5.73 Å². The first kappa shape index (κ1) is 13.4. The van der Waals surface area contributed by atoms with Crippen LogP contribution in [0.5, 0.6) is 0 Å². The zero-order valence-corrected chi connectivity index (χ0v) is 11.4. The maximum absolute atomic E-state index is 5.68. The molecule has 1 saturated heterocycles. The minimum absolute atomic E-state index is 0.876. The maximum Gasteiger partial charge on any atom is 0.00101 e. The molecule has 0 bridgehead atoms. The number of rotatable bonds is 5. The Labute approximate surface area is 107 Å². The highest BCUT2D eigenvalue weighted by Crippen LogP contribution is 2.27. The molecule has 0 aromatic heterocycles. The van der Waals surface area contributed by atoms with Crippen LogP contribution in [0.3, 0.4) is 0 Å². The van der Waals surface area contributed by atoms with Crippen molar-refractivity contribution in [2.45, 2.75) is 57.8 Å². The van der Waals surface area contributed by atoms with Gasteiger partial charge in [0, 0.05) is 6.54 Å². The third-order valence-electron chi connectivity index (χ3n) is 4.76.